The Hall–Kier alpha value is -0.980. The van der Waals surface area contributed by atoms with Crippen molar-refractivity contribution in [3.8, 4) is 0 Å². The highest BCUT2D eigenvalue weighted by Crippen LogP contribution is 2.24. The summed E-state index contributed by atoms with van der Waals surface area (Å²) < 4.78 is 0. The lowest BCUT2D eigenvalue weighted by molar-refractivity contribution is -0.127. The Balaban J connectivity index is 1.94. The Labute approximate surface area is 131 Å². The van der Waals surface area contributed by atoms with Crippen LogP contribution in [0.15, 0.2) is 5.38 Å². The van der Waals surface area contributed by atoms with Gasteiger partial charge in [0.05, 0.1) is 12.1 Å². The van der Waals surface area contributed by atoms with Gasteiger partial charge in [0.15, 0.2) is 0 Å². The standard InChI is InChI=1S/C15H26N4OS/c1-11-4-5-19(13(6-11)8-16)9-12-10-21-14(17-12)7-15(20)18(2)3/h10-11,13H,4-9,16H2,1-3H3. The molecule has 1 amide bonds. The summed E-state index contributed by atoms with van der Waals surface area (Å²) in [6, 6.07) is 0.460. The molecule has 118 valence electrons. The number of hydrogen-bond acceptors (Lipinski definition) is 5. The lowest BCUT2D eigenvalue weighted by atomic mass is 9.92. The van der Waals surface area contributed by atoms with Crippen LogP contribution in [0.25, 0.3) is 0 Å². The minimum absolute atomic E-state index is 0.0996. The number of thiazole rings is 1. The fourth-order valence-electron chi connectivity index (χ4n) is 2.75. The summed E-state index contributed by atoms with van der Waals surface area (Å²) in [6.45, 7) is 4.95. The second-order valence-electron chi connectivity index (χ2n) is 6.19. The summed E-state index contributed by atoms with van der Waals surface area (Å²) in [6.07, 6.45) is 2.80. The molecule has 21 heavy (non-hydrogen) atoms. The van der Waals surface area contributed by atoms with Gasteiger partial charge >= 0.3 is 0 Å². The monoisotopic (exact) mass is 310 g/mol. The molecule has 1 saturated heterocycles. The lowest BCUT2D eigenvalue weighted by Gasteiger charge is -2.37. The van der Waals surface area contributed by atoms with Crippen molar-refractivity contribution in [2.45, 2.75) is 38.8 Å². The van der Waals surface area contributed by atoms with Gasteiger partial charge in [-0.15, -0.1) is 11.3 Å². The average molecular weight is 310 g/mol. The van der Waals surface area contributed by atoms with Gasteiger partial charge in [-0.25, -0.2) is 4.98 Å². The Morgan fingerprint density at radius 2 is 2.33 bits per heavy atom. The van der Waals surface area contributed by atoms with Crippen molar-refractivity contribution in [1.29, 1.82) is 0 Å². The number of likely N-dealkylation sites (N-methyl/N-ethyl adjacent to an activating group) is 1. The van der Waals surface area contributed by atoms with Crippen LogP contribution in [0, 0.1) is 5.92 Å². The van der Waals surface area contributed by atoms with Gasteiger partial charge in [0, 0.05) is 38.6 Å². The Morgan fingerprint density at radius 1 is 1.57 bits per heavy atom. The zero-order valence-electron chi connectivity index (χ0n) is 13.2. The van der Waals surface area contributed by atoms with Crippen LogP contribution < -0.4 is 5.73 Å². The molecule has 2 N–H and O–H groups in total. The SMILES string of the molecule is CC1CCN(Cc2csc(CC(=O)N(C)C)n2)C(CN)C1. The number of nitrogens with two attached hydrogens (primary N) is 1. The molecule has 2 rings (SSSR count). The molecule has 2 heterocycles. The van der Waals surface area contributed by atoms with E-state index < -0.39 is 0 Å². The first-order valence-electron chi connectivity index (χ1n) is 7.57. The molecular formula is C15H26N4OS. The van der Waals surface area contributed by atoms with Crippen molar-refractivity contribution >= 4 is 17.2 Å². The second kappa shape index (κ2) is 7.33. The molecule has 6 heteroatoms. The topological polar surface area (TPSA) is 62.5 Å². The number of rotatable bonds is 5. The molecule has 0 aromatic carbocycles. The largest absolute Gasteiger partial charge is 0.348 e. The molecule has 0 aliphatic carbocycles. The van der Waals surface area contributed by atoms with E-state index in [0.717, 1.165) is 29.7 Å². The number of piperidine rings is 1. The van der Waals surface area contributed by atoms with Gasteiger partial charge in [0.2, 0.25) is 5.91 Å². The first kappa shape index (κ1) is 16.4. The molecule has 1 aromatic rings. The van der Waals surface area contributed by atoms with Gasteiger partial charge in [-0.3, -0.25) is 9.69 Å². The predicted octanol–water partition coefficient (Wildman–Crippen LogP) is 1.33. The molecule has 0 spiro atoms. The van der Waals surface area contributed by atoms with Crippen LogP contribution in [0.1, 0.15) is 30.5 Å². The van der Waals surface area contributed by atoms with Gasteiger partial charge in [-0.05, 0) is 25.3 Å². The average Bonchev–Trinajstić information content (AvgIpc) is 2.87. The van der Waals surface area contributed by atoms with Gasteiger partial charge in [0.1, 0.15) is 5.01 Å². The maximum Gasteiger partial charge on any atom is 0.228 e. The van der Waals surface area contributed by atoms with E-state index in [2.05, 4.69) is 22.2 Å². The molecule has 2 unspecified atom stereocenters. The molecule has 1 aliphatic rings. The maximum atomic E-state index is 11.7. The van der Waals surface area contributed by atoms with Gasteiger partial charge in [-0.1, -0.05) is 6.92 Å². The van der Waals surface area contributed by atoms with Crippen molar-refractivity contribution in [3.05, 3.63) is 16.1 Å². The first-order valence-corrected chi connectivity index (χ1v) is 8.45. The van der Waals surface area contributed by atoms with E-state index in [4.69, 9.17) is 5.73 Å². The van der Waals surface area contributed by atoms with Crippen LogP contribution in [0.4, 0.5) is 0 Å². The Kier molecular flexibility index (Phi) is 5.72. The zero-order valence-corrected chi connectivity index (χ0v) is 14.0. The minimum atomic E-state index is 0.0996. The van der Waals surface area contributed by atoms with E-state index in [0.29, 0.717) is 19.0 Å². The third kappa shape index (κ3) is 4.49. The Bertz CT molecular complexity index is 474. The number of nitrogens with zero attached hydrogens (tertiary/aromatic N) is 3. The van der Waals surface area contributed by atoms with Crippen molar-refractivity contribution in [2.24, 2.45) is 11.7 Å². The number of hydrogen-bond donors (Lipinski definition) is 1. The minimum Gasteiger partial charge on any atom is -0.348 e. The third-order valence-corrected chi connectivity index (χ3v) is 5.04. The van der Waals surface area contributed by atoms with Crippen molar-refractivity contribution < 1.29 is 4.79 Å². The highest BCUT2D eigenvalue weighted by molar-refractivity contribution is 7.09. The number of likely N-dealkylation sites (tertiary alicyclic amines) is 1. The van der Waals surface area contributed by atoms with Crippen molar-refractivity contribution in [2.75, 3.05) is 27.2 Å². The summed E-state index contributed by atoms with van der Waals surface area (Å²) in [7, 11) is 3.55. The summed E-state index contributed by atoms with van der Waals surface area (Å²) in [5.41, 5.74) is 6.97. The molecule has 2 atom stereocenters. The number of amides is 1. The molecule has 1 aromatic heterocycles. The van der Waals surface area contributed by atoms with Crippen LogP contribution in [0.5, 0.6) is 0 Å². The van der Waals surface area contributed by atoms with E-state index in [9.17, 15) is 4.79 Å². The fourth-order valence-corrected chi connectivity index (χ4v) is 3.53. The molecule has 1 fully saturated rings. The molecule has 0 radical (unpaired) electrons. The number of aromatic nitrogens is 1. The smallest absolute Gasteiger partial charge is 0.228 e. The predicted molar refractivity (Wildman–Crippen MR) is 86.2 cm³/mol. The normalized spacial score (nSPS) is 23.2. The van der Waals surface area contributed by atoms with Crippen LogP contribution in [-0.4, -0.2) is 53.9 Å². The fraction of sp³-hybridized carbons (Fsp3) is 0.733. The second-order valence-corrected chi connectivity index (χ2v) is 7.13. The summed E-state index contributed by atoms with van der Waals surface area (Å²) in [5.74, 6) is 0.862. The van der Waals surface area contributed by atoms with Crippen molar-refractivity contribution in [1.82, 2.24) is 14.8 Å². The van der Waals surface area contributed by atoms with E-state index in [1.54, 1.807) is 30.3 Å². The molecule has 0 bridgehead atoms. The number of carbonyl (C=O) groups is 1. The van der Waals surface area contributed by atoms with E-state index >= 15 is 0 Å². The quantitative estimate of drug-likeness (QED) is 0.891. The van der Waals surface area contributed by atoms with E-state index in [-0.39, 0.29) is 5.91 Å². The Morgan fingerprint density at radius 3 is 3.00 bits per heavy atom. The maximum absolute atomic E-state index is 11.7. The van der Waals surface area contributed by atoms with Gasteiger partial charge in [0.25, 0.3) is 0 Å². The highest BCUT2D eigenvalue weighted by atomic mass is 32.1. The van der Waals surface area contributed by atoms with Crippen LogP contribution in [0.2, 0.25) is 0 Å². The summed E-state index contributed by atoms with van der Waals surface area (Å²) in [5, 5.41) is 2.97. The van der Waals surface area contributed by atoms with Crippen molar-refractivity contribution in [3.63, 3.8) is 0 Å². The summed E-state index contributed by atoms with van der Waals surface area (Å²) >= 11 is 1.58. The summed E-state index contributed by atoms with van der Waals surface area (Å²) in [4.78, 5) is 20.4. The third-order valence-electron chi connectivity index (χ3n) is 4.14. The molecule has 5 nitrogen and oxygen atoms in total. The molecule has 0 saturated carbocycles. The molecular weight excluding hydrogens is 284 g/mol. The van der Waals surface area contributed by atoms with Gasteiger partial charge in [-0.2, -0.15) is 0 Å². The van der Waals surface area contributed by atoms with Crippen LogP contribution in [0.3, 0.4) is 0 Å². The zero-order chi connectivity index (χ0) is 15.4. The van der Waals surface area contributed by atoms with E-state index in [1.807, 2.05) is 0 Å². The van der Waals surface area contributed by atoms with Crippen LogP contribution >= 0.6 is 11.3 Å². The lowest BCUT2D eigenvalue weighted by Crippen LogP contribution is -2.45. The van der Waals surface area contributed by atoms with Crippen LogP contribution in [-0.2, 0) is 17.8 Å². The van der Waals surface area contributed by atoms with E-state index in [1.165, 1.54) is 12.8 Å². The molecule has 1 aliphatic heterocycles. The highest BCUT2D eigenvalue weighted by Gasteiger charge is 2.25. The number of carbonyl (C=O) groups excluding carboxylic acids is 1. The first-order chi connectivity index (χ1) is 9.99. The van der Waals surface area contributed by atoms with Gasteiger partial charge < -0.3 is 10.6 Å².